The highest BCUT2D eigenvalue weighted by Gasteiger charge is 2.38. The summed E-state index contributed by atoms with van der Waals surface area (Å²) in [6.07, 6.45) is -13.5. The van der Waals surface area contributed by atoms with Crippen molar-refractivity contribution in [1.29, 1.82) is 5.26 Å². The summed E-state index contributed by atoms with van der Waals surface area (Å²) in [6, 6.07) is 6.65. The topological polar surface area (TPSA) is 69.9 Å². The smallest absolute Gasteiger partial charge is 0.296 e. The van der Waals surface area contributed by atoms with Crippen molar-refractivity contribution in [2.45, 2.75) is 64.3 Å². The van der Waals surface area contributed by atoms with E-state index >= 15 is 0 Å². The van der Waals surface area contributed by atoms with Gasteiger partial charge in [-0.3, -0.25) is 15.3 Å². The first-order chi connectivity index (χ1) is 20.9. The van der Waals surface area contributed by atoms with Gasteiger partial charge in [-0.2, -0.15) is 44.8 Å². The highest BCUT2D eigenvalue weighted by atomic mass is 19.4. The number of nitriles is 1. The third kappa shape index (κ3) is 8.19. The fraction of sp³-hybridized carbons (Fsp3) is 0.517. The molecule has 7 nitrogen and oxygen atoms in total. The van der Waals surface area contributed by atoms with Gasteiger partial charge in [0.1, 0.15) is 0 Å². The molecule has 0 aliphatic carbocycles. The molecule has 1 atom stereocenters. The van der Waals surface area contributed by atoms with E-state index in [0.717, 1.165) is 12.1 Å². The second kappa shape index (κ2) is 13.1. The lowest BCUT2D eigenvalue weighted by atomic mass is 9.87. The van der Waals surface area contributed by atoms with E-state index in [4.69, 9.17) is 0 Å². The van der Waals surface area contributed by atoms with E-state index in [1.165, 1.54) is 23.2 Å². The molecular weight excluding hydrogens is 617 g/mol. The fourth-order valence-corrected chi connectivity index (χ4v) is 5.64. The molecule has 0 bridgehead atoms. The first kappa shape index (κ1) is 34.3. The molecule has 16 heteroatoms. The van der Waals surface area contributed by atoms with E-state index in [-0.39, 0.29) is 47.6 Å². The van der Waals surface area contributed by atoms with Crippen molar-refractivity contribution < 1.29 is 39.5 Å². The Morgan fingerprint density at radius 2 is 1.47 bits per heavy atom. The Bertz CT molecular complexity index is 1390. The monoisotopic (exact) mass is 649 g/mol. The number of benzene rings is 2. The van der Waals surface area contributed by atoms with Gasteiger partial charge >= 0.3 is 18.5 Å². The predicted molar refractivity (Wildman–Crippen MR) is 146 cm³/mol. The minimum Gasteiger partial charge on any atom is -0.296 e. The molecule has 2 saturated heterocycles. The summed E-state index contributed by atoms with van der Waals surface area (Å²) in [5.74, 6) is -0.146. The number of guanidine groups is 1. The average Bonchev–Trinajstić information content (AvgIpc) is 3.29. The van der Waals surface area contributed by atoms with Crippen LogP contribution < -0.4 is 11.0 Å². The molecule has 2 heterocycles. The van der Waals surface area contributed by atoms with Crippen LogP contribution in [0.4, 0.5) is 39.5 Å². The van der Waals surface area contributed by atoms with Gasteiger partial charge in [0.25, 0.3) is 0 Å². The van der Waals surface area contributed by atoms with Gasteiger partial charge in [0.05, 0.1) is 35.8 Å². The van der Waals surface area contributed by atoms with Crippen molar-refractivity contribution in [1.82, 2.24) is 26.0 Å². The van der Waals surface area contributed by atoms with Crippen LogP contribution >= 0.6 is 0 Å². The van der Waals surface area contributed by atoms with Crippen molar-refractivity contribution in [3.05, 3.63) is 69.8 Å². The number of likely N-dealkylation sites (tertiary alicyclic amines) is 1. The van der Waals surface area contributed by atoms with Crippen LogP contribution in [-0.4, -0.2) is 41.1 Å². The minimum atomic E-state index is -5.03. The lowest BCUT2D eigenvalue weighted by molar-refractivity contribution is -0.143. The fourth-order valence-electron chi connectivity index (χ4n) is 5.64. The van der Waals surface area contributed by atoms with E-state index in [9.17, 15) is 44.8 Å². The van der Waals surface area contributed by atoms with Crippen LogP contribution in [-0.2, 0) is 31.6 Å². The number of alkyl halides is 9. The third-order valence-electron chi connectivity index (χ3n) is 7.84. The maximum absolute atomic E-state index is 13.8. The van der Waals surface area contributed by atoms with Crippen LogP contribution in [0.5, 0.6) is 0 Å². The van der Waals surface area contributed by atoms with Gasteiger partial charge in [-0.1, -0.05) is 19.9 Å². The van der Waals surface area contributed by atoms with Gasteiger partial charge in [0, 0.05) is 32.1 Å². The predicted octanol–water partition coefficient (Wildman–Crippen LogP) is 6.90. The Labute approximate surface area is 254 Å². The largest absolute Gasteiger partial charge is 0.416 e. The lowest BCUT2D eigenvalue weighted by Crippen LogP contribution is -2.39. The van der Waals surface area contributed by atoms with Crippen LogP contribution in [0.15, 0.2) is 41.4 Å². The number of hydrogen-bond acceptors (Lipinski definition) is 5. The molecule has 0 amide bonds. The first-order valence-corrected chi connectivity index (χ1v) is 14.1. The van der Waals surface area contributed by atoms with E-state index in [0.29, 0.717) is 43.6 Å². The van der Waals surface area contributed by atoms with Crippen LogP contribution in [0.3, 0.4) is 0 Å². The van der Waals surface area contributed by atoms with Crippen LogP contribution in [0.1, 0.15) is 66.1 Å². The summed E-state index contributed by atoms with van der Waals surface area (Å²) in [7, 11) is 1.43. The number of nitrogens with zero attached hydrogens (tertiary/aromatic N) is 5. The SMILES string of the molecule is CC(C)[C@H](c1ccc(C(F)(F)F)cc1CN=C1NNN(C)N1Cc1cc(C(F)(F)F)cc(C(F)(F)F)c1)N1CCC(C#N)CC1. The van der Waals surface area contributed by atoms with Crippen LogP contribution in [0, 0.1) is 23.2 Å². The normalized spacial score (nSPS) is 19.3. The zero-order valence-corrected chi connectivity index (χ0v) is 24.6. The molecule has 0 spiro atoms. The Kier molecular flexibility index (Phi) is 9.96. The zero-order chi connectivity index (χ0) is 33.3. The molecule has 0 radical (unpaired) electrons. The summed E-state index contributed by atoms with van der Waals surface area (Å²) in [6.45, 7) is 4.30. The Morgan fingerprint density at radius 3 is 1.98 bits per heavy atom. The molecule has 2 aromatic rings. The summed E-state index contributed by atoms with van der Waals surface area (Å²) in [5.41, 5.74) is 2.03. The Balaban J connectivity index is 1.68. The van der Waals surface area contributed by atoms with Crippen molar-refractivity contribution in [3.63, 3.8) is 0 Å². The number of rotatable bonds is 7. The van der Waals surface area contributed by atoms with Gasteiger partial charge in [-0.05, 0) is 65.8 Å². The molecule has 0 aromatic heterocycles. The molecule has 4 rings (SSSR count). The van der Waals surface area contributed by atoms with Crippen molar-refractivity contribution in [2.24, 2.45) is 16.8 Å². The van der Waals surface area contributed by atoms with Gasteiger partial charge < -0.3 is 0 Å². The Hall–Kier alpha value is -3.55. The van der Waals surface area contributed by atoms with Crippen LogP contribution in [0.2, 0.25) is 0 Å². The van der Waals surface area contributed by atoms with Gasteiger partial charge in [0.15, 0.2) is 0 Å². The van der Waals surface area contributed by atoms with Crippen molar-refractivity contribution in [3.8, 4) is 6.07 Å². The molecule has 0 unspecified atom stereocenters. The lowest BCUT2D eigenvalue weighted by Gasteiger charge is -2.39. The maximum Gasteiger partial charge on any atom is 0.416 e. The van der Waals surface area contributed by atoms with E-state index in [1.54, 1.807) is 0 Å². The maximum atomic E-state index is 13.8. The van der Waals surface area contributed by atoms with E-state index in [1.807, 2.05) is 13.8 Å². The summed E-state index contributed by atoms with van der Waals surface area (Å²) >= 11 is 0. The summed E-state index contributed by atoms with van der Waals surface area (Å²) in [5, 5.41) is 11.8. The first-order valence-electron chi connectivity index (χ1n) is 14.1. The average molecular weight is 650 g/mol. The quantitative estimate of drug-likeness (QED) is 0.318. The number of piperidine rings is 1. The van der Waals surface area contributed by atoms with E-state index in [2.05, 4.69) is 26.9 Å². The highest BCUT2D eigenvalue weighted by Crippen LogP contribution is 2.39. The molecule has 2 fully saturated rings. The summed E-state index contributed by atoms with van der Waals surface area (Å²) in [4.78, 5) is 6.55. The molecule has 0 saturated carbocycles. The molecule has 246 valence electrons. The zero-order valence-electron chi connectivity index (χ0n) is 24.6. The van der Waals surface area contributed by atoms with Gasteiger partial charge in [-0.25, -0.2) is 4.99 Å². The number of nitrogens with one attached hydrogen (secondary N) is 2. The van der Waals surface area contributed by atoms with E-state index < -0.39 is 41.8 Å². The number of hydrazine groups is 3. The number of hydrogen-bond donors (Lipinski definition) is 2. The van der Waals surface area contributed by atoms with Gasteiger partial charge in [0.2, 0.25) is 5.96 Å². The second-order valence-corrected chi connectivity index (χ2v) is 11.4. The molecule has 45 heavy (non-hydrogen) atoms. The number of halogens is 9. The number of aliphatic imine (C=N–C) groups is 1. The van der Waals surface area contributed by atoms with Crippen molar-refractivity contribution in [2.75, 3.05) is 20.1 Å². The standard InChI is InChI=1S/C29H32F9N7/c1-17(2)25(44-8-6-18(14-39)7-9-44)24-5-4-21(27(30,31)32)12-20(24)15-40-26-41-42-43(3)45(26)16-19-10-22(28(33,34)35)13-23(11-19)29(36,37)38/h4-5,10-13,17-18,25,42H,6-9,15-16H2,1-3H3,(H,40,41)/t25-/m1/s1. The van der Waals surface area contributed by atoms with Crippen molar-refractivity contribution >= 4 is 5.96 Å². The van der Waals surface area contributed by atoms with Gasteiger partial charge in [-0.15, -0.1) is 10.7 Å². The third-order valence-corrected chi connectivity index (χ3v) is 7.84. The molecule has 2 aliphatic rings. The molecule has 2 N–H and O–H groups in total. The summed E-state index contributed by atoms with van der Waals surface area (Å²) < 4.78 is 122. The minimum absolute atomic E-state index is 0.0237. The second-order valence-electron chi connectivity index (χ2n) is 11.4. The molecule has 2 aliphatic heterocycles. The Morgan fingerprint density at radius 1 is 0.889 bits per heavy atom. The highest BCUT2D eigenvalue weighted by molar-refractivity contribution is 5.80. The molecule has 2 aromatic carbocycles. The van der Waals surface area contributed by atoms with Crippen LogP contribution in [0.25, 0.3) is 0 Å². The molecular formula is C29H32F9N7.